The van der Waals surface area contributed by atoms with Crippen molar-refractivity contribution in [1.29, 1.82) is 0 Å². The van der Waals surface area contributed by atoms with Crippen LogP contribution in [0.4, 0.5) is 0 Å². The fourth-order valence-electron chi connectivity index (χ4n) is 2.15. The molecule has 0 radical (unpaired) electrons. The number of benzene rings is 1. The molecular formula is C14H18O4S. The van der Waals surface area contributed by atoms with Crippen molar-refractivity contribution in [2.45, 2.75) is 48.7 Å². The fourth-order valence-corrected chi connectivity index (χ4v) is 3.80. The van der Waals surface area contributed by atoms with Gasteiger partial charge in [0.25, 0.3) is 0 Å². The van der Waals surface area contributed by atoms with E-state index in [4.69, 9.17) is 5.11 Å². The number of sulfone groups is 1. The van der Waals surface area contributed by atoms with Gasteiger partial charge in [-0.3, -0.25) is 4.79 Å². The van der Waals surface area contributed by atoms with Crippen LogP contribution in [-0.2, 0) is 20.0 Å². The molecular weight excluding hydrogens is 264 g/mol. The molecule has 1 aromatic carbocycles. The second kappa shape index (κ2) is 4.63. The quantitative estimate of drug-likeness (QED) is 0.900. The molecule has 19 heavy (non-hydrogen) atoms. The third kappa shape index (κ3) is 2.97. The highest BCUT2D eigenvalue weighted by Gasteiger charge is 2.37. The molecule has 0 aromatic heterocycles. The number of hydrogen-bond acceptors (Lipinski definition) is 3. The van der Waals surface area contributed by atoms with Gasteiger partial charge in [-0.2, -0.15) is 0 Å². The Hall–Kier alpha value is -1.36. The highest BCUT2D eigenvalue weighted by atomic mass is 32.2. The minimum absolute atomic E-state index is 0.0156. The number of rotatable bonds is 5. The fraction of sp³-hybridized carbons (Fsp3) is 0.500. The van der Waals surface area contributed by atoms with E-state index < -0.39 is 21.2 Å². The lowest BCUT2D eigenvalue weighted by Gasteiger charge is -2.23. The summed E-state index contributed by atoms with van der Waals surface area (Å²) in [4.78, 5) is 11.2. The smallest absolute Gasteiger partial charge is 0.304 e. The summed E-state index contributed by atoms with van der Waals surface area (Å²) in [6.07, 6.45) is 1.50. The van der Waals surface area contributed by atoms with Gasteiger partial charge in [0.05, 0.1) is 16.6 Å². The van der Waals surface area contributed by atoms with Crippen LogP contribution in [0.3, 0.4) is 0 Å². The van der Waals surface area contributed by atoms with E-state index in [1.165, 1.54) is 0 Å². The molecule has 4 nitrogen and oxygen atoms in total. The lowest BCUT2D eigenvalue weighted by Crippen LogP contribution is -2.21. The summed E-state index contributed by atoms with van der Waals surface area (Å²) in [5.74, 6) is -0.861. The Labute approximate surface area is 113 Å². The van der Waals surface area contributed by atoms with Crippen molar-refractivity contribution in [3.63, 3.8) is 0 Å². The zero-order valence-electron chi connectivity index (χ0n) is 11.1. The molecule has 5 heteroatoms. The monoisotopic (exact) mass is 282 g/mol. The molecule has 0 unspecified atom stereocenters. The van der Waals surface area contributed by atoms with Crippen LogP contribution in [0.2, 0.25) is 0 Å². The van der Waals surface area contributed by atoms with Gasteiger partial charge in [0.2, 0.25) is 0 Å². The summed E-state index contributed by atoms with van der Waals surface area (Å²) < 4.78 is 24.1. The van der Waals surface area contributed by atoms with Crippen LogP contribution in [0.5, 0.6) is 0 Å². The average molecular weight is 282 g/mol. The van der Waals surface area contributed by atoms with E-state index in [1.807, 2.05) is 13.8 Å². The van der Waals surface area contributed by atoms with E-state index >= 15 is 0 Å². The van der Waals surface area contributed by atoms with Crippen LogP contribution in [0, 0.1) is 0 Å². The molecule has 1 saturated carbocycles. The van der Waals surface area contributed by atoms with Crippen LogP contribution in [-0.4, -0.2) is 24.7 Å². The van der Waals surface area contributed by atoms with Gasteiger partial charge in [-0.25, -0.2) is 8.42 Å². The zero-order valence-corrected chi connectivity index (χ0v) is 11.9. The summed E-state index contributed by atoms with van der Waals surface area (Å²) in [5, 5.41) is 8.66. The molecule has 1 aliphatic carbocycles. The molecule has 1 fully saturated rings. The van der Waals surface area contributed by atoms with Crippen molar-refractivity contribution in [2.75, 3.05) is 0 Å². The number of carboxylic acids is 1. The van der Waals surface area contributed by atoms with Crippen molar-refractivity contribution < 1.29 is 18.3 Å². The number of carboxylic acid groups (broad SMARTS) is 1. The van der Waals surface area contributed by atoms with E-state index in [0.717, 1.165) is 18.4 Å². The maximum Gasteiger partial charge on any atom is 0.304 e. The lowest BCUT2D eigenvalue weighted by molar-refractivity contribution is -0.138. The Morgan fingerprint density at radius 1 is 1.26 bits per heavy atom. The van der Waals surface area contributed by atoms with Crippen LogP contribution >= 0.6 is 0 Å². The molecule has 0 amide bonds. The van der Waals surface area contributed by atoms with Gasteiger partial charge in [-0.15, -0.1) is 0 Å². The van der Waals surface area contributed by atoms with Crippen molar-refractivity contribution in [3.8, 4) is 0 Å². The van der Waals surface area contributed by atoms with E-state index in [9.17, 15) is 13.2 Å². The Kier molecular flexibility index (Phi) is 3.43. The molecule has 0 heterocycles. The van der Waals surface area contributed by atoms with Gasteiger partial charge in [0.15, 0.2) is 9.84 Å². The highest BCUT2D eigenvalue weighted by Crippen LogP contribution is 2.34. The van der Waals surface area contributed by atoms with Crippen LogP contribution < -0.4 is 0 Å². The van der Waals surface area contributed by atoms with Crippen molar-refractivity contribution in [3.05, 3.63) is 29.8 Å². The lowest BCUT2D eigenvalue weighted by atomic mass is 9.82. The SMILES string of the molecule is CC(C)(CC(=O)O)c1ccc(S(=O)(=O)C2CC2)cc1. The molecule has 1 aromatic rings. The summed E-state index contributed by atoms with van der Waals surface area (Å²) in [7, 11) is -3.17. The van der Waals surface area contributed by atoms with Crippen molar-refractivity contribution in [2.24, 2.45) is 0 Å². The molecule has 1 N–H and O–H groups in total. The Balaban J connectivity index is 2.26. The van der Waals surface area contributed by atoms with E-state index in [-0.39, 0.29) is 11.7 Å². The third-order valence-electron chi connectivity index (χ3n) is 3.52. The first-order valence-electron chi connectivity index (χ1n) is 6.30. The number of aliphatic carboxylic acids is 1. The van der Waals surface area contributed by atoms with Crippen LogP contribution in [0.15, 0.2) is 29.2 Å². The normalized spacial score (nSPS) is 16.3. The first-order valence-corrected chi connectivity index (χ1v) is 7.84. The van der Waals surface area contributed by atoms with E-state index in [2.05, 4.69) is 0 Å². The molecule has 104 valence electrons. The molecule has 0 bridgehead atoms. The second-order valence-electron chi connectivity index (χ2n) is 5.72. The van der Waals surface area contributed by atoms with Crippen LogP contribution in [0.25, 0.3) is 0 Å². The number of hydrogen-bond donors (Lipinski definition) is 1. The van der Waals surface area contributed by atoms with Gasteiger partial charge in [-0.05, 0) is 30.5 Å². The summed E-state index contributed by atoms with van der Waals surface area (Å²) >= 11 is 0. The Morgan fingerprint density at radius 3 is 2.21 bits per heavy atom. The Bertz CT molecular complexity index is 580. The minimum Gasteiger partial charge on any atom is -0.481 e. The molecule has 0 aliphatic heterocycles. The molecule has 1 aliphatic rings. The largest absolute Gasteiger partial charge is 0.481 e. The second-order valence-corrected chi connectivity index (χ2v) is 7.95. The summed E-state index contributed by atoms with van der Waals surface area (Å²) in [5.41, 5.74) is 0.331. The topological polar surface area (TPSA) is 71.4 Å². The van der Waals surface area contributed by atoms with Gasteiger partial charge in [0.1, 0.15) is 0 Å². The van der Waals surface area contributed by atoms with Gasteiger partial charge >= 0.3 is 5.97 Å². The maximum absolute atomic E-state index is 12.0. The minimum atomic E-state index is -3.17. The van der Waals surface area contributed by atoms with Gasteiger partial charge in [-0.1, -0.05) is 26.0 Å². The van der Waals surface area contributed by atoms with E-state index in [1.54, 1.807) is 24.3 Å². The van der Waals surface area contributed by atoms with Gasteiger partial charge < -0.3 is 5.11 Å². The zero-order chi connectivity index (χ0) is 14.3. The summed E-state index contributed by atoms with van der Waals surface area (Å²) in [6.45, 7) is 3.68. The van der Waals surface area contributed by atoms with Crippen molar-refractivity contribution in [1.82, 2.24) is 0 Å². The number of carbonyl (C=O) groups is 1. The highest BCUT2D eigenvalue weighted by molar-refractivity contribution is 7.92. The summed E-state index contributed by atoms with van der Waals surface area (Å²) in [6, 6.07) is 6.62. The first-order chi connectivity index (χ1) is 8.73. The first kappa shape index (κ1) is 14.1. The third-order valence-corrected chi connectivity index (χ3v) is 5.80. The Morgan fingerprint density at radius 2 is 1.79 bits per heavy atom. The predicted octanol–water partition coefficient (Wildman–Crippen LogP) is 2.38. The maximum atomic E-state index is 12.0. The van der Waals surface area contributed by atoms with E-state index in [0.29, 0.717) is 4.90 Å². The average Bonchev–Trinajstić information content (AvgIpc) is 3.11. The molecule has 0 saturated heterocycles. The molecule has 0 spiro atoms. The molecule has 0 atom stereocenters. The molecule has 2 rings (SSSR count). The predicted molar refractivity (Wildman–Crippen MR) is 71.9 cm³/mol. The van der Waals surface area contributed by atoms with Crippen molar-refractivity contribution >= 4 is 15.8 Å². The van der Waals surface area contributed by atoms with Gasteiger partial charge in [0, 0.05) is 5.41 Å². The standard InChI is InChI=1S/C14H18O4S/c1-14(2,9-13(15)16)10-3-5-11(6-4-10)19(17,18)12-7-8-12/h3-6,12H,7-9H2,1-2H3,(H,15,16). The van der Waals surface area contributed by atoms with Crippen LogP contribution in [0.1, 0.15) is 38.7 Å².